The zero-order valence-electron chi connectivity index (χ0n) is 11.4. The Morgan fingerprint density at radius 1 is 1.12 bits per heavy atom. The zero-order valence-corrected chi connectivity index (χ0v) is 11.4. The summed E-state index contributed by atoms with van der Waals surface area (Å²) in [7, 11) is 6.30. The van der Waals surface area contributed by atoms with Crippen LogP contribution in [0.1, 0.15) is 26.2 Å². The number of aliphatic hydroxyl groups is 1. The van der Waals surface area contributed by atoms with Crippen LogP contribution in [0.15, 0.2) is 0 Å². The van der Waals surface area contributed by atoms with E-state index in [2.05, 4.69) is 30.9 Å². The third-order valence-electron chi connectivity index (χ3n) is 3.16. The molecule has 0 aromatic carbocycles. The van der Waals surface area contributed by atoms with Crippen molar-refractivity contribution in [1.29, 1.82) is 0 Å². The Labute approximate surface area is 100 Å². The number of hydrogen-bond donors (Lipinski definition) is 2. The Morgan fingerprint density at radius 3 is 2.19 bits per heavy atom. The summed E-state index contributed by atoms with van der Waals surface area (Å²) in [6.45, 7) is 5.33. The number of nitrogens with two attached hydrogens (primary N) is 1. The molecule has 0 aromatic rings. The number of aliphatic hydroxyl groups excluding tert-OH is 1. The summed E-state index contributed by atoms with van der Waals surface area (Å²) < 4.78 is 0. The molecule has 0 aliphatic heterocycles. The van der Waals surface area contributed by atoms with Gasteiger partial charge in [-0.25, -0.2) is 0 Å². The van der Waals surface area contributed by atoms with Gasteiger partial charge in [-0.15, -0.1) is 0 Å². The predicted octanol–water partition coefficient (Wildman–Crippen LogP) is 0.360. The van der Waals surface area contributed by atoms with Crippen molar-refractivity contribution in [3.05, 3.63) is 0 Å². The third-order valence-corrected chi connectivity index (χ3v) is 3.16. The summed E-state index contributed by atoms with van der Waals surface area (Å²) in [4.78, 5) is 4.50. The fourth-order valence-corrected chi connectivity index (χ4v) is 1.55. The molecule has 0 saturated heterocycles. The molecule has 0 aromatic heterocycles. The third kappa shape index (κ3) is 7.17. The van der Waals surface area contributed by atoms with Gasteiger partial charge >= 0.3 is 0 Å². The van der Waals surface area contributed by atoms with Crippen LogP contribution in [0.4, 0.5) is 0 Å². The quantitative estimate of drug-likeness (QED) is 0.601. The first kappa shape index (κ1) is 15.8. The summed E-state index contributed by atoms with van der Waals surface area (Å²) in [5.74, 6) is 0. The maximum absolute atomic E-state index is 9.18. The van der Waals surface area contributed by atoms with Crippen LogP contribution in [0.2, 0.25) is 0 Å². The van der Waals surface area contributed by atoms with Crippen LogP contribution < -0.4 is 5.73 Å². The van der Waals surface area contributed by atoms with E-state index in [1.54, 1.807) is 0 Å². The SMILES string of the molecule is CCC(N)(CO)CCCN(C)CCN(C)C. The number of rotatable bonds is 9. The van der Waals surface area contributed by atoms with E-state index in [0.29, 0.717) is 0 Å². The predicted molar refractivity (Wildman–Crippen MR) is 69.6 cm³/mol. The van der Waals surface area contributed by atoms with E-state index < -0.39 is 0 Å². The van der Waals surface area contributed by atoms with Gasteiger partial charge < -0.3 is 20.6 Å². The molecule has 3 N–H and O–H groups in total. The van der Waals surface area contributed by atoms with Crippen molar-refractivity contribution in [2.45, 2.75) is 31.7 Å². The molecule has 0 spiro atoms. The fraction of sp³-hybridized carbons (Fsp3) is 1.00. The summed E-state index contributed by atoms with van der Waals surface area (Å²) in [6, 6.07) is 0. The van der Waals surface area contributed by atoms with E-state index in [-0.39, 0.29) is 12.1 Å². The number of nitrogens with zero attached hydrogens (tertiary/aromatic N) is 2. The molecule has 0 bridgehead atoms. The molecule has 0 aliphatic rings. The monoisotopic (exact) mass is 231 g/mol. The molecule has 0 aliphatic carbocycles. The molecule has 1 atom stereocenters. The lowest BCUT2D eigenvalue weighted by atomic mass is 9.92. The highest BCUT2D eigenvalue weighted by Crippen LogP contribution is 2.13. The minimum Gasteiger partial charge on any atom is -0.394 e. The highest BCUT2D eigenvalue weighted by atomic mass is 16.3. The first-order valence-corrected chi connectivity index (χ1v) is 6.16. The van der Waals surface area contributed by atoms with Gasteiger partial charge in [-0.3, -0.25) is 0 Å². The lowest BCUT2D eigenvalue weighted by molar-refractivity contribution is 0.173. The van der Waals surface area contributed by atoms with Crippen LogP contribution in [0.25, 0.3) is 0 Å². The van der Waals surface area contributed by atoms with Crippen LogP contribution in [0.3, 0.4) is 0 Å². The standard InChI is InChI=1S/C12H29N3O/c1-5-12(13,11-16)7-6-8-15(4)10-9-14(2)3/h16H,5-11,13H2,1-4H3. The van der Waals surface area contributed by atoms with Gasteiger partial charge in [0.15, 0.2) is 0 Å². The van der Waals surface area contributed by atoms with E-state index in [9.17, 15) is 5.11 Å². The smallest absolute Gasteiger partial charge is 0.0611 e. The van der Waals surface area contributed by atoms with Crippen LogP contribution in [-0.2, 0) is 0 Å². The van der Waals surface area contributed by atoms with E-state index >= 15 is 0 Å². The molecule has 98 valence electrons. The average molecular weight is 231 g/mol. The van der Waals surface area contributed by atoms with Gasteiger partial charge in [-0.2, -0.15) is 0 Å². The van der Waals surface area contributed by atoms with Crippen molar-refractivity contribution >= 4 is 0 Å². The first-order chi connectivity index (χ1) is 7.43. The Morgan fingerprint density at radius 2 is 1.75 bits per heavy atom. The summed E-state index contributed by atoms with van der Waals surface area (Å²) in [6.07, 6.45) is 2.78. The molecule has 0 fully saturated rings. The maximum Gasteiger partial charge on any atom is 0.0611 e. The van der Waals surface area contributed by atoms with Crippen molar-refractivity contribution < 1.29 is 5.11 Å². The summed E-state index contributed by atoms with van der Waals surface area (Å²) in [5, 5.41) is 9.18. The largest absolute Gasteiger partial charge is 0.394 e. The van der Waals surface area contributed by atoms with E-state index in [1.165, 1.54) is 0 Å². The van der Waals surface area contributed by atoms with Crippen molar-refractivity contribution in [3.8, 4) is 0 Å². The van der Waals surface area contributed by atoms with Crippen LogP contribution >= 0.6 is 0 Å². The molecule has 0 saturated carbocycles. The molecular formula is C12H29N3O. The van der Waals surface area contributed by atoms with Gasteiger partial charge in [0.2, 0.25) is 0 Å². The van der Waals surface area contributed by atoms with Gasteiger partial charge in [0.1, 0.15) is 0 Å². The fourth-order valence-electron chi connectivity index (χ4n) is 1.55. The molecule has 16 heavy (non-hydrogen) atoms. The average Bonchev–Trinajstić information content (AvgIpc) is 2.26. The normalized spacial score (nSPS) is 15.8. The van der Waals surface area contributed by atoms with Gasteiger partial charge in [-0.05, 0) is 47.0 Å². The van der Waals surface area contributed by atoms with E-state index in [4.69, 9.17) is 5.73 Å². The minimum atomic E-state index is -0.373. The molecule has 0 heterocycles. The van der Waals surface area contributed by atoms with Gasteiger partial charge in [0.25, 0.3) is 0 Å². The molecule has 4 heteroatoms. The van der Waals surface area contributed by atoms with Crippen molar-refractivity contribution in [2.75, 3.05) is 47.4 Å². The molecule has 1 unspecified atom stereocenters. The summed E-state index contributed by atoms with van der Waals surface area (Å²) >= 11 is 0. The second-order valence-electron chi connectivity index (χ2n) is 5.08. The highest BCUT2D eigenvalue weighted by Gasteiger charge is 2.20. The van der Waals surface area contributed by atoms with Crippen molar-refractivity contribution in [3.63, 3.8) is 0 Å². The lowest BCUT2D eigenvalue weighted by Gasteiger charge is -2.27. The molecular weight excluding hydrogens is 202 g/mol. The van der Waals surface area contributed by atoms with Crippen LogP contribution in [-0.4, -0.2) is 67.8 Å². The van der Waals surface area contributed by atoms with Crippen LogP contribution in [0.5, 0.6) is 0 Å². The summed E-state index contributed by atoms with van der Waals surface area (Å²) in [5.41, 5.74) is 5.66. The number of hydrogen-bond acceptors (Lipinski definition) is 4. The topological polar surface area (TPSA) is 52.7 Å². The molecule has 0 amide bonds. The van der Waals surface area contributed by atoms with Crippen LogP contribution in [0, 0.1) is 0 Å². The van der Waals surface area contributed by atoms with E-state index in [1.807, 2.05) is 6.92 Å². The second-order valence-corrected chi connectivity index (χ2v) is 5.08. The zero-order chi connectivity index (χ0) is 12.6. The number of likely N-dealkylation sites (N-methyl/N-ethyl adjacent to an activating group) is 2. The second kappa shape index (κ2) is 8.01. The Kier molecular flexibility index (Phi) is 7.93. The first-order valence-electron chi connectivity index (χ1n) is 6.16. The van der Waals surface area contributed by atoms with E-state index in [0.717, 1.165) is 38.9 Å². The maximum atomic E-state index is 9.18. The Hall–Kier alpha value is -0.160. The molecule has 0 rings (SSSR count). The van der Waals surface area contributed by atoms with Gasteiger partial charge in [0.05, 0.1) is 6.61 Å². The molecule has 0 radical (unpaired) electrons. The van der Waals surface area contributed by atoms with Gasteiger partial charge in [0, 0.05) is 18.6 Å². The Balaban J connectivity index is 3.64. The Bertz CT molecular complexity index is 170. The van der Waals surface area contributed by atoms with Gasteiger partial charge in [-0.1, -0.05) is 6.92 Å². The van der Waals surface area contributed by atoms with Crippen molar-refractivity contribution in [2.24, 2.45) is 5.73 Å². The lowest BCUT2D eigenvalue weighted by Crippen LogP contribution is -2.43. The minimum absolute atomic E-state index is 0.0882. The van der Waals surface area contributed by atoms with Crippen molar-refractivity contribution in [1.82, 2.24) is 9.80 Å². The highest BCUT2D eigenvalue weighted by molar-refractivity contribution is 4.81. The molecule has 4 nitrogen and oxygen atoms in total.